The number of carbonyl (C=O) groups excluding carboxylic acids is 1. The van der Waals surface area contributed by atoms with Gasteiger partial charge in [-0.25, -0.2) is 4.79 Å². The van der Waals surface area contributed by atoms with Gasteiger partial charge >= 0.3 is 12.1 Å². The van der Waals surface area contributed by atoms with E-state index in [9.17, 15) is 18.0 Å². The summed E-state index contributed by atoms with van der Waals surface area (Å²) in [7, 11) is 0. The van der Waals surface area contributed by atoms with E-state index in [4.69, 9.17) is 0 Å². The number of rotatable bonds is 1. The molecule has 70 valence electrons. The molecule has 0 spiro atoms. The van der Waals surface area contributed by atoms with Gasteiger partial charge in [-0.3, -0.25) is 0 Å². The summed E-state index contributed by atoms with van der Waals surface area (Å²) in [5, 5.41) is 0. The van der Waals surface area contributed by atoms with Crippen molar-refractivity contribution in [3.8, 4) is 0 Å². The number of esters is 1. The maximum Gasteiger partial charge on any atom is 0.490 e. The predicted molar refractivity (Wildman–Crippen MR) is 37.9 cm³/mol. The first kappa shape index (κ1) is 9.70. The molecule has 0 saturated carbocycles. The molecule has 1 heterocycles. The molecule has 0 aromatic carbocycles. The smallest absolute Gasteiger partial charge is 0.455 e. The Hall–Kier alpha value is -0.390. The fourth-order valence-electron chi connectivity index (χ4n) is 0.824. The molecule has 0 bridgehead atoms. The Morgan fingerprint density at radius 3 is 2.58 bits per heavy atom. The number of ether oxygens (including phenoxy) is 1. The van der Waals surface area contributed by atoms with Crippen molar-refractivity contribution < 1.29 is 22.7 Å². The number of carbonyl (C=O) groups is 1. The van der Waals surface area contributed by atoms with E-state index in [1.165, 1.54) is 11.8 Å². The van der Waals surface area contributed by atoms with Crippen molar-refractivity contribution >= 4 is 17.7 Å². The van der Waals surface area contributed by atoms with Gasteiger partial charge in [-0.2, -0.15) is 24.9 Å². The van der Waals surface area contributed by atoms with Crippen LogP contribution >= 0.6 is 11.8 Å². The van der Waals surface area contributed by atoms with Gasteiger partial charge in [0.15, 0.2) is 0 Å². The highest BCUT2D eigenvalue weighted by Crippen LogP contribution is 2.24. The minimum atomic E-state index is -4.85. The number of hydrogen-bond donors (Lipinski definition) is 0. The normalized spacial score (nSPS) is 24.1. The van der Waals surface area contributed by atoms with Crippen molar-refractivity contribution in [3.05, 3.63) is 0 Å². The maximum absolute atomic E-state index is 11.6. The predicted octanol–water partition coefficient (Wildman–Crippen LogP) is 1.60. The fourth-order valence-corrected chi connectivity index (χ4v) is 1.92. The molecule has 1 saturated heterocycles. The van der Waals surface area contributed by atoms with Crippen LogP contribution in [-0.2, 0) is 9.53 Å². The number of alkyl halides is 3. The molecular formula is C6H7F3O2S. The van der Waals surface area contributed by atoms with Gasteiger partial charge in [-0.05, 0) is 12.2 Å². The van der Waals surface area contributed by atoms with Crippen LogP contribution in [0.1, 0.15) is 6.42 Å². The van der Waals surface area contributed by atoms with Crippen molar-refractivity contribution in [2.75, 3.05) is 11.5 Å². The molecule has 1 rings (SSSR count). The highest BCUT2D eigenvalue weighted by Gasteiger charge is 2.42. The van der Waals surface area contributed by atoms with Crippen LogP contribution in [0.15, 0.2) is 0 Å². The van der Waals surface area contributed by atoms with E-state index >= 15 is 0 Å². The highest BCUT2D eigenvalue weighted by atomic mass is 32.2. The Balaban J connectivity index is 2.35. The van der Waals surface area contributed by atoms with Gasteiger partial charge in [0.05, 0.1) is 0 Å². The van der Waals surface area contributed by atoms with E-state index in [1.54, 1.807) is 0 Å². The topological polar surface area (TPSA) is 26.3 Å². The molecular weight excluding hydrogens is 193 g/mol. The molecule has 0 radical (unpaired) electrons. The summed E-state index contributed by atoms with van der Waals surface area (Å²) < 4.78 is 39.1. The SMILES string of the molecule is O=C(OC1CCSC1)C(F)(F)F. The molecule has 1 unspecified atom stereocenters. The maximum atomic E-state index is 11.6. The average Bonchev–Trinajstić information content (AvgIpc) is 2.37. The Kier molecular flexibility index (Phi) is 2.87. The van der Waals surface area contributed by atoms with Crippen molar-refractivity contribution in [2.24, 2.45) is 0 Å². The average molecular weight is 200 g/mol. The number of hydrogen-bond acceptors (Lipinski definition) is 3. The van der Waals surface area contributed by atoms with Crippen LogP contribution in [0.3, 0.4) is 0 Å². The van der Waals surface area contributed by atoms with E-state index in [1.807, 2.05) is 0 Å². The van der Waals surface area contributed by atoms with Crippen LogP contribution in [0.2, 0.25) is 0 Å². The minimum Gasteiger partial charge on any atom is -0.455 e. The Labute approximate surface area is 71.5 Å². The molecule has 1 aliphatic rings. The Bertz CT molecular complexity index is 174. The van der Waals surface area contributed by atoms with Crippen LogP contribution in [0.25, 0.3) is 0 Å². The fraction of sp³-hybridized carbons (Fsp3) is 0.833. The molecule has 1 fully saturated rings. The summed E-state index contributed by atoms with van der Waals surface area (Å²) in [5.41, 5.74) is 0. The quantitative estimate of drug-likeness (QED) is 0.601. The van der Waals surface area contributed by atoms with E-state index < -0.39 is 18.2 Å². The lowest BCUT2D eigenvalue weighted by molar-refractivity contribution is -0.203. The van der Waals surface area contributed by atoms with Crippen LogP contribution in [0, 0.1) is 0 Å². The first-order valence-corrected chi connectivity index (χ1v) is 4.51. The summed E-state index contributed by atoms with van der Waals surface area (Å²) in [6.07, 6.45) is -4.89. The van der Waals surface area contributed by atoms with E-state index in [0.717, 1.165) is 5.75 Å². The molecule has 0 aromatic rings. The van der Waals surface area contributed by atoms with Crippen molar-refractivity contribution in [1.29, 1.82) is 0 Å². The third kappa shape index (κ3) is 2.58. The molecule has 0 amide bonds. The molecule has 1 atom stereocenters. The van der Waals surface area contributed by atoms with Crippen LogP contribution in [0.5, 0.6) is 0 Å². The molecule has 0 aliphatic carbocycles. The Morgan fingerprint density at radius 1 is 1.50 bits per heavy atom. The summed E-state index contributed by atoms with van der Waals surface area (Å²) >= 11 is 1.49. The summed E-state index contributed by atoms with van der Waals surface area (Å²) in [6, 6.07) is 0. The molecule has 0 aromatic heterocycles. The Morgan fingerprint density at radius 2 is 2.17 bits per heavy atom. The standard InChI is InChI=1S/C6H7F3O2S/c7-6(8,9)5(10)11-4-1-2-12-3-4/h4H,1-3H2. The van der Waals surface area contributed by atoms with Gasteiger partial charge in [0.2, 0.25) is 0 Å². The van der Waals surface area contributed by atoms with Gasteiger partial charge in [-0.1, -0.05) is 0 Å². The second-order valence-corrected chi connectivity index (χ2v) is 3.54. The van der Waals surface area contributed by atoms with E-state index in [-0.39, 0.29) is 0 Å². The summed E-state index contributed by atoms with van der Waals surface area (Å²) in [5.74, 6) is -0.840. The van der Waals surface area contributed by atoms with Crippen LogP contribution in [-0.4, -0.2) is 29.8 Å². The van der Waals surface area contributed by atoms with Gasteiger partial charge in [0.25, 0.3) is 0 Å². The second kappa shape index (κ2) is 3.55. The largest absolute Gasteiger partial charge is 0.490 e. The second-order valence-electron chi connectivity index (χ2n) is 2.39. The zero-order chi connectivity index (χ0) is 9.19. The van der Waals surface area contributed by atoms with E-state index in [2.05, 4.69) is 4.74 Å². The molecule has 0 N–H and O–H groups in total. The van der Waals surface area contributed by atoms with Gasteiger partial charge in [0, 0.05) is 5.75 Å². The van der Waals surface area contributed by atoms with Crippen LogP contribution < -0.4 is 0 Å². The third-order valence-corrected chi connectivity index (χ3v) is 2.52. The monoisotopic (exact) mass is 200 g/mol. The third-order valence-electron chi connectivity index (χ3n) is 1.39. The first-order chi connectivity index (χ1) is 5.50. The molecule has 12 heavy (non-hydrogen) atoms. The lowest BCUT2D eigenvalue weighted by Crippen LogP contribution is -2.29. The minimum absolute atomic E-state index is 0.474. The summed E-state index contributed by atoms with van der Waals surface area (Å²) in [4.78, 5) is 10.3. The number of halogens is 3. The van der Waals surface area contributed by atoms with Crippen molar-refractivity contribution in [1.82, 2.24) is 0 Å². The lowest BCUT2D eigenvalue weighted by Gasteiger charge is -2.11. The first-order valence-electron chi connectivity index (χ1n) is 3.35. The van der Waals surface area contributed by atoms with Crippen LogP contribution in [0.4, 0.5) is 13.2 Å². The zero-order valence-electron chi connectivity index (χ0n) is 6.06. The molecule has 6 heteroatoms. The molecule has 1 aliphatic heterocycles. The van der Waals surface area contributed by atoms with Crippen molar-refractivity contribution in [2.45, 2.75) is 18.7 Å². The van der Waals surface area contributed by atoms with Gasteiger partial charge in [0.1, 0.15) is 6.10 Å². The van der Waals surface area contributed by atoms with E-state index in [0.29, 0.717) is 12.2 Å². The zero-order valence-corrected chi connectivity index (χ0v) is 6.87. The lowest BCUT2D eigenvalue weighted by atomic mass is 10.3. The highest BCUT2D eigenvalue weighted by molar-refractivity contribution is 7.99. The number of thioether (sulfide) groups is 1. The molecule has 2 nitrogen and oxygen atoms in total. The summed E-state index contributed by atoms with van der Waals surface area (Å²) in [6.45, 7) is 0. The van der Waals surface area contributed by atoms with Crippen molar-refractivity contribution in [3.63, 3.8) is 0 Å². The van der Waals surface area contributed by atoms with Gasteiger partial charge in [-0.15, -0.1) is 0 Å². The van der Waals surface area contributed by atoms with Gasteiger partial charge < -0.3 is 4.74 Å².